The number of rotatable bonds is 8. The fourth-order valence-corrected chi connectivity index (χ4v) is 3.26. The van der Waals surface area contributed by atoms with Gasteiger partial charge in [0, 0.05) is 5.69 Å². The first-order chi connectivity index (χ1) is 13.2. The first-order valence-corrected chi connectivity index (χ1v) is 10.3. The summed E-state index contributed by atoms with van der Waals surface area (Å²) < 4.78 is 40.8. The molecule has 1 atom stereocenters. The minimum absolute atomic E-state index is 0.277. The molecule has 0 spiro atoms. The second kappa shape index (κ2) is 8.83. The summed E-state index contributed by atoms with van der Waals surface area (Å²) in [5.41, 5.74) is 1.57. The Labute approximate surface area is 164 Å². The van der Waals surface area contributed by atoms with Gasteiger partial charge in [-0.2, -0.15) is 0 Å². The van der Waals surface area contributed by atoms with Gasteiger partial charge in [-0.15, -0.1) is 0 Å². The molecule has 0 bridgehead atoms. The van der Waals surface area contributed by atoms with Gasteiger partial charge in [-0.1, -0.05) is 12.1 Å². The number of carbonyl (C=O) groups is 1. The third-order valence-electron chi connectivity index (χ3n) is 4.01. The van der Waals surface area contributed by atoms with Gasteiger partial charge in [0.25, 0.3) is 5.91 Å². The second-order valence-corrected chi connectivity index (χ2v) is 7.82. The highest BCUT2D eigenvalue weighted by molar-refractivity contribution is 7.92. The van der Waals surface area contributed by atoms with Crippen LogP contribution >= 0.6 is 0 Å². The molecule has 2 N–H and O–H groups in total. The molecule has 0 aliphatic rings. The molecule has 28 heavy (non-hydrogen) atoms. The molecule has 152 valence electrons. The van der Waals surface area contributed by atoms with E-state index in [1.807, 2.05) is 6.92 Å². The van der Waals surface area contributed by atoms with E-state index in [0.717, 1.165) is 11.8 Å². The van der Waals surface area contributed by atoms with Crippen LogP contribution in [0.1, 0.15) is 28.9 Å². The highest BCUT2D eigenvalue weighted by Crippen LogP contribution is 2.39. The van der Waals surface area contributed by atoms with Gasteiger partial charge in [-0.05, 0) is 36.8 Å². The molecule has 2 aromatic rings. The van der Waals surface area contributed by atoms with E-state index in [0.29, 0.717) is 22.7 Å². The van der Waals surface area contributed by atoms with Gasteiger partial charge in [0.2, 0.25) is 15.8 Å². The van der Waals surface area contributed by atoms with E-state index in [-0.39, 0.29) is 17.7 Å². The van der Waals surface area contributed by atoms with Crippen LogP contribution < -0.4 is 24.2 Å². The predicted molar refractivity (Wildman–Crippen MR) is 107 cm³/mol. The smallest absolute Gasteiger partial charge is 0.255 e. The van der Waals surface area contributed by atoms with Crippen molar-refractivity contribution in [1.29, 1.82) is 0 Å². The van der Waals surface area contributed by atoms with E-state index in [9.17, 15) is 13.2 Å². The monoisotopic (exact) mass is 408 g/mol. The van der Waals surface area contributed by atoms with Crippen LogP contribution in [0.4, 0.5) is 5.69 Å². The molecule has 0 fully saturated rings. The lowest BCUT2D eigenvalue weighted by molar-refractivity contribution is 0.0936. The van der Waals surface area contributed by atoms with Gasteiger partial charge in [0.05, 0.1) is 39.2 Å². The number of methoxy groups -OCH3 is 3. The summed E-state index contributed by atoms with van der Waals surface area (Å²) in [7, 11) is 1.08. The normalized spacial score (nSPS) is 12.0. The first-order valence-electron chi connectivity index (χ1n) is 8.37. The van der Waals surface area contributed by atoms with Gasteiger partial charge in [-0.3, -0.25) is 9.52 Å². The van der Waals surface area contributed by atoms with Gasteiger partial charge in [0.1, 0.15) is 0 Å². The van der Waals surface area contributed by atoms with Crippen molar-refractivity contribution in [3.05, 3.63) is 47.5 Å². The van der Waals surface area contributed by atoms with Crippen molar-refractivity contribution in [1.82, 2.24) is 5.32 Å². The van der Waals surface area contributed by atoms with E-state index in [4.69, 9.17) is 14.2 Å². The number of anilines is 1. The summed E-state index contributed by atoms with van der Waals surface area (Å²) in [6.45, 7) is 1.82. The molecule has 0 heterocycles. The van der Waals surface area contributed by atoms with E-state index in [1.165, 1.54) is 21.3 Å². The Kier molecular flexibility index (Phi) is 6.74. The molecule has 9 heteroatoms. The zero-order valence-corrected chi connectivity index (χ0v) is 17.2. The Morgan fingerprint density at radius 3 is 2.04 bits per heavy atom. The second-order valence-electron chi connectivity index (χ2n) is 6.07. The van der Waals surface area contributed by atoms with Crippen LogP contribution in [0.2, 0.25) is 0 Å². The number of benzene rings is 2. The van der Waals surface area contributed by atoms with E-state index < -0.39 is 10.0 Å². The van der Waals surface area contributed by atoms with Crippen molar-refractivity contribution in [3.8, 4) is 17.2 Å². The molecule has 0 saturated heterocycles. The standard InChI is InChI=1S/C19H24N2O6S/c1-12(13-6-8-14(9-7-13)21-28(5,23)24)20-19(22)15-10-11-16(25-2)18(27-4)17(15)26-3/h6-12,21H,1-5H3,(H,20,22). The van der Waals surface area contributed by atoms with Crippen LogP contribution in [0.15, 0.2) is 36.4 Å². The van der Waals surface area contributed by atoms with Crippen molar-refractivity contribution in [3.63, 3.8) is 0 Å². The van der Waals surface area contributed by atoms with E-state index in [1.54, 1.807) is 36.4 Å². The van der Waals surface area contributed by atoms with Crippen LogP contribution in [0.5, 0.6) is 17.2 Å². The number of ether oxygens (including phenoxy) is 3. The molecule has 1 unspecified atom stereocenters. The highest BCUT2D eigenvalue weighted by atomic mass is 32.2. The van der Waals surface area contributed by atoms with Crippen molar-refractivity contribution in [2.24, 2.45) is 0 Å². The van der Waals surface area contributed by atoms with Crippen molar-refractivity contribution >= 4 is 21.6 Å². The zero-order valence-electron chi connectivity index (χ0n) is 16.4. The Morgan fingerprint density at radius 1 is 0.929 bits per heavy atom. The SMILES string of the molecule is COc1ccc(C(=O)NC(C)c2ccc(NS(C)(=O)=O)cc2)c(OC)c1OC. The van der Waals surface area contributed by atoms with E-state index >= 15 is 0 Å². The number of hydrogen-bond acceptors (Lipinski definition) is 6. The fraction of sp³-hybridized carbons (Fsp3) is 0.316. The van der Waals surface area contributed by atoms with Gasteiger partial charge in [0.15, 0.2) is 11.5 Å². The molecular formula is C19H24N2O6S. The highest BCUT2D eigenvalue weighted by Gasteiger charge is 2.22. The molecule has 0 radical (unpaired) electrons. The molecule has 2 aromatic carbocycles. The molecular weight excluding hydrogens is 384 g/mol. The van der Waals surface area contributed by atoms with Crippen LogP contribution in [0.25, 0.3) is 0 Å². The summed E-state index contributed by atoms with van der Waals surface area (Å²) >= 11 is 0. The number of carbonyl (C=O) groups excluding carboxylic acids is 1. The topological polar surface area (TPSA) is 103 Å². The molecule has 0 aromatic heterocycles. The maximum atomic E-state index is 12.8. The molecule has 0 aliphatic carbocycles. The molecule has 0 aliphatic heterocycles. The Balaban J connectivity index is 2.20. The molecule has 1 amide bonds. The summed E-state index contributed by atoms with van der Waals surface area (Å²) in [4.78, 5) is 12.8. The number of nitrogens with one attached hydrogen (secondary N) is 2. The third kappa shape index (κ3) is 5.07. The predicted octanol–water partition coefficient (Wildman–Crippen LogP) is 2.57. The van der Waals surface area contributed by atoms with Crippen LogP contribution in [0, 0.1) is 0 Å². The number of sulfonamides is 1. The Morgan fingerprint density at radius 2 is 1.54 bits per heavy atom. The minimum Gasteiger partial charge on any atom is -0.493 e. The van der Waals surface area contributed by atoms with Crippen molar-refractivity contribution in [2.45, 2.75) is 13.0 Å². The quantitative estimate of drug-likeness (QED) is 0.696. The third-order valence-corrected chi connectivity index (χ3v) is 4.62. The summed E-state index contributed by atoms with van der Waals surface area (Å²) in [5.74, 6) is 0.724. The largest absolute Gasteiger partial charge is 0.493 e. The molecule has 8 nitrogen and oxygen atoms in total. The number of hydrogen-bond donors (Lipinski definition) is 2. The van der Waals surface area contributed by atoms with Gasteiger partial charge >= 0.3 is 0 Å². The van der Waals surface area contributed by atoms with Crippen LogP contribution in [-0.2, 0) is 10.0 Å². The number of amides is 1. The summed E-state index contributed by atoms with van der Waals surface area (Å²) in [6, 6.07) is 9.66. The molecule has 2 rings (SSSR count). The van der Waals surface area contributed by atoms with Crippen molar-refractivity contribution < 1.29 is 27.4 Å². The maximum absolute atomic E-state index is 12.8. The average molecular weight is 408 g/mol. The summed E-state index contributed by atoms with van der Waals surface area (Å²) in [5, 5.41) is 2.89. The Bertz CT molecular complexity index is 942. The van der Waals surface area contributed by atoms with Crippen LogP contribution in [0.3, 0.4) is 0 Å². The fourth-order valence-electron chi connectivity index (χ4n) is 2.69. The lowest BCUT2D eigenvalue weighted by Gasteiger charge is -2.18. The zero-order chi connectivity index (χ0) is 20.9. The molecule has 0 saturated carbocycles. The average Bonchev–Trinajstić information content (AvgIpc) is 2.65. The summed E-state index contributed by atoms with van der Waals surface area (Å²) in [6.07, 6.45) is 1.08. The Hall–Kier alpha value is -2.94. The first kappa shape index (κ1) is 21.4. The van der Waals surface area contributed by atoms with Crippen molar-refractivity contribution in [2.75, 3.05) is 32.3 Å². The minimum atomic E-state index is -3.34. The lowest BCUT2D eigenvalue weighted by Crippen LogP contribution is -2.27. The lowest BCUT2D eigenvalue weighted by atomic mass is 10.1. The van der Waals surface area contributed by atoms with Gasteiger partial charge < -0.3 is 19.5 Å². The van der Waals surface area contributed by atoms with Gasteiger partial charge in [-0.25, -0.2) is 8.42 Å². The van der Waals surface area contributed by atoms with E-state index in [2.05, 4.69) is 10.0 Å². The maximum Gasteiger partial charge on any atom is 0.255 e. The van der Waals surface area contributed by atoms with Crippen LogP contribution in [-0.4, -0.2) is 41.9 Å².